The van der Waals surface area contributed by atoms with Crippen LogP contribution < -0.4 is 9.64 Å². The Hall–Kier alpha value is -4.70. The molecule has 0 aliphatic carbocycles. The molecule has 4 aromatic carbocycles. The molecule has 0 aliphatic heterocycles. The zero-order valence-corrected chi connectivity index (χ0v) is 19.8. The maximum Gasteiger partial charge on any atom is 0.347 e. The van der Waals surface area contributed by atoms with Crippen LogP contribution in [0.5, 0.6) is 11.5 Å². The van der Waals surface area contributed by atoms with E-state index in [1.165, 1.54) is 15.6 Å². The van der Waals surface area contributed by atoms with Gasteiger partial charge in [0.1, 0.15) is 17.1 Å². The number of benzene rings is 4. The summed E-state index contributed by atoms with van der Waals surface area (Å²) in [5.41, 5.74) is 1.29. The monoisotopic (exact) mass is 497 g/mol. The van der Waals surface area contributed by atoms with Crippen molar-refractivity contribution in [1.29, 1.82) is 0 Å². The van der Waals surface area contributed by atoms with Gasteiger partial charge < -0.3 is 14.7 Å². The van der Waals surface area contributed by atoms with Crippen LogP contribution in [0.3, 0.4) is 0 Å². The number of para-hydroxylation sites is 2. The van der Waals surface area contributed by atoms with Crippen molar-refractivity contribution in [2.75, 3.05) is 11.9 Å². The molecule has 10 heteroatoms. The number of aromatic hydroxyl groups is 1. The molecule has 0 bridgehead atoms. The van der Waals surface area contributed by atoms with Crippen molar-refractivity contribution in [3.8, 4) is 17.2 Å². The molecule has 178 valence electrons. The van der Waals surface area contributed by atoms with Crippen LogP contribution in [0.2, 0.25) is 0 Å². The molecule has 0 saturated heterocycles. The standard InChI is InChI=1S/C26H19N5O4S/c1-30(26(34)36-25-27-28-29-31(25)17-9-4-2-5-10-17)22-14-8-13-20-19(22)15-16-21(23(20)32)24(33)35-18-11-6-3-7-12-18/h2-16,32H,1H3. The van der Waals surface area contributed by atoms with Gasteiger partial charge in [0.15, 0.2) is 0 Å². The highest BCUT2D eigenvalue weighted by atomic mass is 32.2. The number of rotatable bonds is 5. The molecule has 0 fully saturated rings. The Bertz CT molecular complexity index is 1560. The number of tetrazole rings is 1. The summed E-state index contributed by atoms with van der Waals surface area (Å²) in [7, 11) is 1.62. The molecule has 0 aliphatic rings. The second-order valence-electron chi connectivity index (χ2n) is 7.67. The quantitative estimate of drug-likeness (QED) is 0.203. The van der Waals surface area contributed by atoms with Crippen molar-refractivity contribution >= 4 is 39.4 Å². The first-order chi connectivity index (χ1) is 17.5. The van der Waals surface area contributed by atoms with Crippen LogP contribution in [0.25, 0.3) is 16.5 Å². The third kappa shape index (κ3) is 4.49. The number of aromatic nitrogens is 4. The van der Waals surface area contributed by atoms with E-state index >= 15 is 0 Å². The van der Waals surface area contributed by atoms with E-state index in [1.807, 2.05) is 36.4 Å². The number of fused-ring (bicyclic) bond motifs is 1. The molecule has 36 heavy (non-hydrogen) atoms. The molecule has 5 rings (SSSR count). The summed E-state index contributed by atoms with van der Waals surface area (Å²) < 4.78 is 6.85. The number of hydrogen-bond acceptors (Lipinski definition) is 8. The number of amides is 1. The van der Waals surface area contributed by atoms with E-state index in [0.717, 1.165) is 17.4 Å². The Balaban J connectivity index is 1.41. The van der Waals surface area contributed by atoms with Gasteiger partial charge in [-0.15, -0.1) is 5.10 Å². The minimum absolute atomic E-state index is 0.0221. The third-order valence-corrected chi connectivity index (χ3v) is 6.32. The Morgan fingerprint density at radius 3 is 2.36 bits per heavy atom. The average molecular weight is 498 g/mol. The van der Waals surface area contributed by atoms with Crippen molar-refractivity contribution in [1.82, 2.24) is 20.2 Å². The van der Waals surface area contributed by atoms with Crippen LogP contribution in [0.1, 0.15) is 10.4 Å². The van der Waals surface area contributed by atoms with Gasteiger partial charge in [0.2, 0.25) is 5.16 Å². The lowest BCUT2D eigenvalue weighted by atomic mass is 10.0. The molecule has 0 spiro atoms. The van der Waals surface area contributed by atoms with Crippen LogP contribution in [-0.4, -0.2) is 43.6 Å². The van der Waals surface area contributed by atoms with E-state index in [0.29, 0.717) is 27.4 Å². The number of hydrogen-bond donors (Lipinski definition) is 1. The molecule has 1 amide bonds. The maximum atomic E-state index is 13.1. The highest BCUT2D eigenvalue weighted by molar-refractivity contribution is 8.13. The summed E-state index contributed by atoms with van der Waals surface area (Å²) in [5, 5.41) is 23.5. The molecule has 5 aromatic rings. The van der Waals surface area contributed by atoms with Gasteiger partial charge in [0, 0.05) is 29.6 Å². The number of phenols is 1. The van der Waals surface area contributed by atoms with E-state index < -0.39 is 5.97 Å². The zero-order valence-electron chi connectivity index (χ0n) is 19.0. The molecule has 1 heterocycles. The first kappa shape index (κ1) is 23.1. The Morgan fingerprint density at radius 1 is 0.889 bits per heavy atom. The Kier molecular flexibility index (Phi) is 6.33. The zero-order chi connectivity index (χ0) is 25.1. The number of nitrogens with zero attached hydrogens (tertiary/aromatic N) is 5. The predicted octanol–water partition coefficient (Wildman–Crippen LogP) is 5.09. The summed E-state index contributed by atoms with van der Waals surface area (Å²) in [6.45, 7) is 0. The summed E-state index contributed by atoms with van der Waals surface area (Å²) in [4.78, 5) is 27.2. The number of esters is 1. The van der Waals surface area contributed by atoms with E-state index in [1.54, 1.807) is 55.6 Å². The molecule has 0 radical (unpaired) electrons. The van der Waals surface area contributed by atoms with Gasteiger partial charge in [0.25, 0.3) is 5.24 Å². The normalized spacial score (nSPS) is 10.8. The number of carbonyl (C=O) groups is 2. The summed E-state index contributed by atoms with van der Waals surface area (Å²) in [6.07, 6.45) is 0. The number of carbonyl (C=O) groups excluding carboxylic acids is 2. The second-order valence-corrected chi connectivity index (χ2v) is 8.59. The third-order valence-electron chi connectivity index (χ3n) is 5.44. The smallest absolute Gasteiger partial charge is 0.347 e. The van der Waals surface area contributed by atoms with Gasteiger partial charge >= 0.3 is 5.97 Å². The van der Waals surface area contributed by atoms with Gasteiger partial charge in [-0.1, -0.05) is 54.6 Å². The van der Waals surface area contributed by atoms with Gasteiger partial charge in [-0.3, -0.25) is 4.79 Å². The molecule has 0 unspecified atom stereocenters. The molecular formula is C26H19N5O4S. The average Bonchev–Trinajstić information content (AvgIpc) is 3.37. The lowest BCUT2D eigenvalue weighted by molar-refractivity contribution is 0.0732. The maximum absolute atomic E-state index is 13.1. The van der Waals surface area contributed by atoms with Crippen LogP contribution in [0, 0.1) is 0 Å². The topological polar surface area (TPSA) is 110 Å². The SMILES string of the molecule is CN(C(=O)Sc1nnnn1-c1ccccc1)c1cccc2c(O)c(C(=O)Oc3ccccc3)ccc12. The summed E-state index contributed by atoms with van der Waals surface area (Å²) >= 11 is 0.874. The largest absolute Gasteiger partial charge is 0.506 e. The Morgan fingerprint density at radius 2 is 1.61 bits per heavy atom. The highest BCUT2D eigenvalue weighted by Crippen LogP contribution is 2.36. The van der Waals surface area contributed by atoms with Crippen molar-refractivity contribution in [2.24, 2.45) is 0 Å². The number of phenolic OH excluding ortho intramolecular Hbond substituents is 1. The second kappa shape index (κ2) is 9.88. The van der Waals surface area contributed by atoms with E-state index in [4.69, 9.17) is 4.74 Å². The van der Waals surface area contributed by atoms with Crippen LogP contribution in [0.4, 0.5) is 10.5 Å². The molecule has 1 aromatic heterocycles. The fraction of sp³-hybridized carbons (Fsp3) is 0.0385. The number of thioether (sulfide) groups is 1. The first-order valence-corrected chi connectivity index (χ1v) is 11.7. The molecule has 0 saturated carbocycles. The van der Waals surface area contributed by atoms with Gasteiger partial charge in [-0.25, -0.2) is 4.79 Å². The fourth-order valence-corrected chi connectivity index (χ4v) is 4.35. The summed E-state index contributed by atoms with van der Waals surface area (Å²) in [6, 6.07) is 26.2. The van der Waals surface area contributed by atoms with Crippen molar-refractivity contribution in [3.63, 3.8) is 0 Å². The number of ether oxygens (including phenoxy) is 1. The van der Waals surface area contributed by atoms with Crippen molar-refractivity contribution in [3.05, 3.63) is 96.6 Å². The Labute approximate surface area is 209 Å². The van der Waals surface area contributed by atoms with E-state index in [-0.39, 0.29) is 16.6 Å². The van der Waals surface area contributed by atoms with Crippen molar-refractivity contribution < 1.29 is 19.4 Å². The minimum atomic E-state index is -0.682. The van der Waals surface area contributed by atoms with Gasteiger partial charge in [0.05, 0.1) is 11.4 Å². The van der Waals surface area contributed by atoms with Crippen LogP contribution in [0.15, 0.2) is 96.2 Å². The first-order valence-electron chi connectivity index (χ1n) is 10.8. The summed E-state index contributed by atoms with van der Waals surface area (Å²) in [5.74, 6) is -0.536. The highest BCUT2D eigenvalue weighted by Gasteiger charge is 2.22. The number of anilines is 1. The molecular weight excluding hydrogens is 478 g/mol. The molecule has 9 nitrogen and oxygen atoms in total. The van der Waals surface area contributed by atoms with Gasteiger partial charge in [-0.2, -0.15) is 4.68 Å². The van der Waals surface area contributed by atoms with Crippen molar-refractivity contribution in [2.45, 2.75) is 5.16 Å². The van der Waals surface area contributed by atoms with Gasteiger partial charge in [-0.05, 0) is 46.8 Å². The lowest BCUT2D eigenvalue weighted by Gasteiger charge is -2.19. The van der Waals surface area contributed by atoms with Crippen LogP contribution >= 0.6 is 11.8 Å². The van der Waals surface area contributed by atoms with E-state index in [2.05, 4.69) is 15.5 Å². The minimum Gasteiger partial charge on any atom is -0.506 e. The lowest BCUT2D eigenvalue weighted by Crippen LogP contribution is -2.22. The van der Waals surface area contributed by atoms with Crippen LogP contribution in [-0.2, 0) is 0 Å². The fourth-order valence-electron chi connectivity index (χ4n) is 3.65. The predicted molar refractivity (Wildman–Crippen MR) is 136 cm³/mol. The molecule has 1 N–H and O–H groups in total. The molecule has 0 atom stereocenters. The van der Waals surface area contributed by atoms with E-state index in [9.17, 15) is 14.7 Å².